The molecule has 4 nitrogen and oxygen atoms in total. The van der Waals surface area contributed by atoms with Gasteiger partial charge in [-0.3, -0.25) is 0 Å². The van der Waals surface area contributed by atoms with Crippen LogP contribution in [0.25, 0.3) is 0 Å². The number of carboxylic acid groups (broad SMARTS) is 1. The molecule has 19 heavy (non-hydrogen) atoms. The molecule has 2 heterocycles. The minimum absolute atomic E-state index is 0.0192. The lowest BCUT2D eigenvalue weighted by atomic mass is 10.00. The van der Waals surface area contributed by atoms with Gasteiger partial charge in [-0.25, -0.2) is 4.79 Å². The molecule has 1 aromatic heterocycles. The lowest BCUT2D eigenvalue weighted by Crippen LogP contribution is -2.24. The highest BCUT2D eigenvalue weighted by molar-refractivity contribution is 5.85. The molecule has 4 heteroatoms. The Kier molecular flexibility index (Phi) is 2.78. The maximum atomic E-state index is 10.9. The number of hydrogen-bond donors (Lipinski definition) is 1. The molecule has 3 rings (SSSR count). The number of rotatable bonds is 2. The number of anilines is 2. The SMILES string of the molecule is Cc1ccc2c(c1)CCCN2c1ccc(C(=O)O)o1. The van der Waals surface area contributed by atoms with E-state index in [1.165, 1.54) is 17.2 Å². The summed E-state index contributed by atoms with van der Waals surface area (Å²) in [5.74, 6) is -0.455. The van der Waals surface area contributed by atoms with Crippen LogP contribution in [0.1, 0.15) is 28.1 Å². The van der Waals surface area contributed by atoms with Crippen molar-refractivity contribution in [3.63, 3.8) is 0 Å². The first kappa shape index (κ1) is 11.8. The fraction of sp³-hybridized carbons (Fsp3) is 0.267. The number of carboxylic acids is 1. The normalized spacial score (nSPS) is 14.3. The molecule has 1 N–H and O–H groups in total. The van der Waals surface area contributed by atoms with Crippen LogP contribution >= 0.6 is 0 Å². The average molecular weight is 257 g/mol. The van der Waals surface area contributed by atoms with Crippen LogP contribution in [0.3, 0.4) is 0 Å². The summed E-state index contributed by atoms with van der Waals surface area (Å²) in [6.45, 7) is 2.93. The molecular formula is C15H15NO3. The van der Waals surface area contributed by atoms with Crippen LogP contribution in [0.5, 0.6) is 0 Å². The van der Waals surface area contributed by atoms with E-state index < -0.39 is 5.97 Å². The number of benzene rings is 1. The number of furan rings is 1. The summed E-state index contributed by atoms with van der Waals surface area (Å²) in [6, 6.07) is 9.55. The first-order chi connectivity index (χ1) is 9.15. The molecule has 0 saturated heterocycles. The average Bonchev–Trinajstić information content (AvgIpc) is 2.87. The van der Waals surface area contributed by atoms with Crippen LogP contribution < -0.4 is 4.90 Å². The smallest absolute Gasteiger partial charge is 0.371 e. The summed E-state index contributed by atoms with van der Waals surface area (Å²) >= 11 is 0. The molecule has 1 aliphatic rings. The van der Waals surface area contributed by atoms with Crippen LogP contribution in [0.4, 0.5) is 11.6 Å². The van der Waals surface area contributed by atoms with E-state index in [4.69, 9.17) is 9.52 Å². The van der Waals surface area contributed by atoms with Gasteiger partial charge in [0.2, 0.25) is 11.6 Å². The van der Waals surface area contributed by atoms with Crippen molar-refractivity contribution in [2.75, 3.05) is 11.4 Å². The molecule has 0 aliphatic carbocycles. The fourth-order valence-corrected chi connectivity index (χ4v) is 2.54. The molecule has 98 valence electrons. The molecule has 0 atom stereocenters. The standard InChI is InChI=1S/C15H15NO3/c1-10-4-5-12-11(9-10)3-2-8-16(12)14-7-6-13(19-14)15(17)18/h4-7,9H,2-3,8H2,1H3,(H,17,18). The van der Waals surface area contributed by atoms with E-state index in [2.05, 4.69) is 25.1 Å². The number of fused-ring (bicyclic) bond motifs is 1. The monoisotopic (exact) mass is 257 g/mol. The molecule has 0 radical (unpaired) electrons. The Morgan fingerprint density at radius 2 is 2.16 bits per heavy atom. The van der Waals surface area contributed by atoms with E-state index in [9.17, 15) is 4.79 Å². The predicted molar refractivity (Wildman–Crippen MR) is 72.2 cm³/mol. The third-order valence-corrected chi connectivity index (χ3v) is 3.42. The van der Waals surface area contributed by atoms with Gasteiger partial charge in [0, 0.05) is 18.3 Å². The zero-order valence-corrected chi connectivity index (χ0v) is 10.7. The molecule has 0 fully saturated rings. The first-order valence-corrected chi connectivity index (χ1v) is 6.35. The van der Waals surface area contributed by atoms with Gasteiger partial charge in [0.15, 0.2) is 0 Å². The summed E-state index contributed by atoms with van der Waals surface area (Å²) in [5, 5.41) is 8.92. The Balaban J connectivity index is 2.00. The maximum absolute atomic E-state index is 10.9. The van der Waals surface area contributed by atoms with Gasteiger partial charge in [0.05, 0.1) is 0 Å². The van der Waals surface area contributed by atoms with Gasteiger partial charge in [-0.1, -0.05) is 17.7 Å². The van der Waals surface area contributed by atoms with Crippen molar-refractivity contribution < 1.29 is 14.3 Å². The van der Waals surface area contributed by atoms with E-state index >= 15 is 0 Å². The van der Waals surface area contributed by atoms with Crippen molar-refractivity contribution in [3.05, 3.63) is 47.2 Å². The molecular weight excluding hydrogens is 242 g/mol. The van der Waals surface area contributed by atoms with E-state index in [-0.39, 0.29) is 5.76 Å². The van der Waals surface area contributed by atoms with Crippen LogP contribution in [0, 0.1) is 6.92 Å². The van der Waals surface area contributed by atoms with E-state index in [0.29, 0.717) is 5.88 Å². The first-order valence-electron chi connectivity index (χ1n) is 6.35. The van der Waals surface area contributed by atoms with Crippen LogP contribution in [0.2, 0.25) is 0 Å². The second-order valence-electron chi connectivity index (χ2n) is 4.83. The van der Waals surface area contributed by atoms with Gasteiger partial charge >= 0.3 is 5.97 Å². The Labute approximate surface area is 111 Å². The van der Waals surface area contributed by atoms with Crippen molar-refractivity contribution in [1.82, 2.24) is 0 Å². The highest BCUT2D eigenvalue weighted by Crippen LogP contribution is 2.34. The summed E-state index contributed by atoms with van der Waals surface area (Å²) in [6.07, 6.45) is 2.10. The number of nitrogens with zero attached hydrogens (tertiary/aromatic N) is 1. The molecule has 0 amide bonds. The van der Waals surface area contributed by atoms with Crippen molar-refractivity contribution in [2.24, 2.45) is 0 Å². The van der Waals surface area contributed by atoms with Gasteiger partial charge in [-0.15, -0.1) is 0 Å². The molecule has 1 aromatic carbocycles. The summed E-state index contributed by atoms with van der Waals surface area (Å²) in [5.41, 5.74) is 3.65. The van der Waals surface area contributed by atoms with Gasteiger partial charge in [0.25, 0.3) is 0 Å². The number of aryl methyl sites for hydroxylation is 2. The van der Waals surface area contributed by atoms with Gasteiger partial charge in [-0.05, 0) is 37.5 Å². The summed E-state index contributed by atoms with van der Waals surface area (Å²) < 4.78 is 5.40. The quantitative estimate of drug-likeness (QED) is 0.896. The molecule has 1 aliphatic heterocycles. The predicted octanol–water partition coefficient (Wildman–Crippen LogP) is 3.37. The molecule has 2 aromatic rings. The van der Waals surface area contributed by atoms with Crippen molar-refractivity contribution in [1.29, 1.82) is 0 Å². The van der Waals surface area contributed by atoms with E-state index in [1.807, 2.05) is 4.90 Å². The van der Waals surface area contributed by atoms with Crippen molar-refractivity contribution in [3.8, 4) is 0 Å². The summed E-state index contributed by atoms with van der Waals surface area (Å²) in [4.78, 5) is 12.9. The maximum Gasteiger partial charge on any atom is 0.371 e. The zero-order chi connectivity index (χ0) is 13.4. The minimum atomic E-state index is -1.03. The third kappa shape index (κ3) is 2.10. The van der Waals surface area contributed by atoms with Crippen LogP contribution in [0.15, 0.2) is 34.7 Å². The molecule has 0 spiro atoms. The second kappa shape index (κ2) is 4.46. The number of hydrogen-bond acceptors (Lipinski definition) is 3. The van der Waals surface area contributed by atoms with Crippen LogP contribution in [-0.4, -0.2) is 17.6 Å². The largest absolute Gasteiger partial charge is 0.475 e. The third-order valence-electron chi connectivity index (χ3n) is 3.42. The minimum Gasteiger partial charge on any atom is -0.475 e. The van der Waals surface area contributed by atoms with E-state index in [1.54, 1.807) is 6.07 Å². The number of carbonyl (C=O) groups is 1. The number of aromatic carboxylic acids is 1. The fourth-order valence-electron chi connectivity index (χ4n) is 2.54. The molecule has 0 unspecified atom stereocenters. The topological polar surface area (TPSA) is 53.7 Å². The van der Waals surface area contributed by atoms with Gasteiger partial charge < -0.3 is 14.4 Å². The lowest BCUT2D eigenvalue weighted by molar-refractivity contribution is 0.0663. The van der Waals surface area contributed by atoms with Crippen molar-refractivity contribution in [2.45, 2.75) is 19.8 Å². The Morgan fingerprint density at radius 1 is 1.32 bits per heavy atom. The van der Waals surface area contributed by atoms with Gasteiger partial charge in [-0.2, -0.15) is 0 Å². The van der Waals surface area contributed by atoms with Crippen molar-refractivity contribution >= 4 is 17.5 Å². The van der Waals surface area contributed by atoms with E-state index in [0.717, 1.165) is 25.1 Å². The van der Waals surface area contributed by atoms with Crippen LogP contribution in [-0.2, 0) is 6.42 Å². The second-order valence-corrected chi connectivity index (χ2v) is 4.83. The molecule has 0 saturated carbocycles. The highest BCUT2D eigenvalue weighted by Gasteiger charge is 2.21. The Bertz CT molecular complexity index is 630. The Hall–Kier alpha value is -2.23. The zero-order valence-electron chi connectivity index (χ0n) is 10.7. The lowest BCUT2D eigenvalue weighted by Gasteiger charge is -2.29. The highest BCUT2D eigenvalue weighted by atomic mass is 16.4. The van der Waals surface area contributed by atoms with Gasteiger partial charge in [0.1, 0.15) is 0 Å². The molecule has 0 bridgehead atoms. The Morgan fingerprint density at radius 3 is 2.89 bits per heavy atom. The summed E-state index contributed by atoms with van der Waals surface area (Å²) in [7, 11) is 0.